The number of carbonyl (C=O) groups is 1. The highest BCUT2D eigenvalue weighted by Gasteiger charge is 2.22. The molecule has 0 aliphatic heterocycles. The first-order chi connectivity index (χ1) is 15.5. The van der Waals surface area contributed by atoms with Crippen LogP contribution < -0.4 is 14.2 Å². The Morgan fingerprint density at radius 1 is 0.938 bits per heavy atom. The number of para-hydroxylation sites is 2. The maximum absolute atomic E-state index is 13.7. The summed E-state index contributed by atoms with van der Waals surface area (Å²) in [6.45, 7) is 0. The summed E-state index contributed by atoms with van der Waals surface area (Å²) in [7, 11) is 4.47. The number of hydrogen-bond acceptors (Lipinski definition) is 5. The fraction of sp³-hybridized carbons (Fsp3) is 0.120. The third-order valence-electron chi connectivity index (χ3n) is 5.00. The third kappa shape index (κ3) is 4.05. The third-order valence-corrected chi connectivity index (χ3v) is 5.00. The zero-order chi connectivity index (χ0) is 22.7. The van der Waals surface area contributed by atoms with Crippen molar-refractivity contribution in [3.8, 4) is 17.2 Å². The SMILES string of the molecule is COc1cc(C(=O)/C(=C/c2ccc(F)cc2)c2nc3ccccc3[nH]2)cc(OC)c1OC. The highest BCUT2D eigenvalue weighted by molar-refractivity contribution is 6.32. The van der Waals surface area contributed by atoms with Crippen LogP contribution in [0.15, 0.2) is 60.7 Å². The molecule has 0 saturated carbocycles. The molecule has 1 aromatic heterocycles. The lowest BCUT2D eigenvalue weighted by Gasteiger charge is -2.14. The van der Waals surface area contributed by atoms with Crippen LogP contribution in [0.3, 0.4) is 0 Å². The fourth-order valence-electron chi connectivity index (χ4n) is 3.42. The van der Waals surface area contributed by atoms with E-state index < -0.39 is 0 Å². The Hall–Kier alpha value is -4.13. The van der Waals surface area contributed by atoms with Gasteiger partial charge in [0.2, 0.25) is 5.75 Å². The lowest BCUT2D eigenvalue weighted by Crippen LogP contribution is -2.06. The van der Waals surface area contributed by atoms with Crippen molar-refractivity contribution in [1.82, 2.24) is 9.97 Å². The minimum Gasteiger partial charge on any atom is -0.493 e. The molecule has 0 aliphatic rings. The molecule has 0 aliphatic carbocycles. The van der Waals surface area contributed by atoms with Crippen molar-refractivity contribution in [3.05, 3.63) is 83.4 Å². The summed E-state index contributed by atoms with van der Waals surface area (Å²) in [4.78, 5) is 21.5. The van der Waals surface area contributed by atoms with E-state index >= 15 is 0 Å². The van der Waals surface area contributed by atoms with Crippen LogP contribution >= 0.6 is 0 Å². The molecule has 0 saturated heterocycles. The number of halogens is 1. The van der Waals surface area contributed by atoms with Crippen LogP contribution in [-0.2, 0) is 0 Å². The molecule has 1 N–H and O–H groups in total. The predicted molar refractivity (Wildman–Crippen MR) is 121 cm³/mol. The van der Waals surface area contributed by atoms with Gasteiger partial charge in [0.05, 0.1) is 37.9 Å². The van der Waals surface area contributed by atoms with Crippen LogP contribution in [0.2, 0.25) is 0 Å². The summed E-state index contributed by atoms with van der Waals surface area (Å²) in [5.41, 5.74) is 2.81. The van der Waals surface area contributed by atoms with Crippen molar-refractivity contribution >= 4 is 28.5 Å². The molecule has 32 heavy (non-hydrogen) atoms. The van der Waals surface area contributed by atoms with Crippen molar-refractivity contribution in [2.75, 3.05) is 21.3 Å². The van der Waals surface area contributed by atoms with Crippen molar-refractivity contribution < 1.29 is 23.4 Å². The highest BCUT2D eigenvalue weighted by atomic mass is 19.1. The number of ether oxygens (including phenoxy) is 3. The molecule has 4 rings (SSSR count). The average molecular weight is 432 g/mol. The Balaban J connectivity index is 1.88. The number of allylic oxidation sites excluding steroid dienone is 1. The number of H-pyrrole nitrogens is 1. The van der Waals surface area contributed by atoms with Crippen LogP contribution in [0.5, 0.6) is 17.2 Å². The van der Waals surface area contributed by atoms with Crippen LogP contribution in [0.25, 0.3) is 22.7 Å². The van der Waals surface area contributed by atoms with Gasteiger partial charge in [0.25, 0.3) is 0 Å². The molecule has 0 radical (unpaired) electrons. The number of imidazole rings is 1. The van der Waals surface area contributed by atoms with Gasteiger partial charge in [-0.1, -0.05) is 24.3 Å². The summed E-state index contributed by atoms with van der Waals surface area (Å²) in [6.07, 6.45) is 1.67. The molecule has 0 atom stereocenters. The van der Waals surface area contributed by atoms with Crippen molar-refractivity contribution in [3.63, 3.8) is 0 Å². The summed E-state index contributed by atoms with van der Waals surface area (Å²) in [5.74, 6) is 0.839. The number of nitrogens with one attached hydrogen (secondary N) is 1. The first kappa shape index (κ1) is 21.1. The van der Waals surface area contributed by atoms with E-state index in [1.54, 1.807) is 30.3 Å². The minimum absolute atomic E-state index is 0.307. The Bertz CT molecular complexity index is 1250. The van der Waals surface area contributed by atoms with Crippen LogP contribution in [0, 0.1) is 5.82 Å². The molecule has 0 amide bonds. The van der Waals surface area contributed by atoms with E-state index in [0.717, 1.165) is 11.0 Å². The van der Waals surface area contributed by atoms with Crippen molar-refractivity contribution in [1.29, 1.82) is 0 Å². The molecule has 162 valence electrons. The number of ketones is 1. The highest BCUT2D eigenvalue weighted by Crippen LogP contribution is 2.39. The van der Waals surface area contributed by atoms with E-state index in [1.165, 1.54) is 33.5 Å². The van der Waals surface area contributed by atoms with E-state index in [-0.39, 0.29) is 11.6 Å². The quantitative estimate of drug-likeness (QED) is 0.323. The van der Waals surface area contributed by atoms with Gasteiger partial charge in [-0.3, -0.25) is 4.79 Å². The first-order valence-corrected chi connectivity index (χ1v) is 9.81. The van der Waals surface area contributed by atoms with E-state index in [0.29, 0.717) is 39.8 Å². The van der Waals surface area contributed by atoms with Crippen LogP contribution in [0.1, 0.15) is 21.7 Å². The van der Waals surface area contributed by atoms with E-state index in [4.69, 9.17) is 14.2 Å². The number of aromatic nitrogens is 2. The van der Waals surface area contributed by atoms with Gasteiger partial charge in [-0.05, 0) is 48.0 Å². The second kappa shape index (κ2) is 8.93. The van der Waals surface area contributed by atoms with Gasteiger partial charge in [-0.25, -0.2) is 9.37 Å². The number of hydrogen-bond donors (Lipinski definition) is 1. The molecule has 1 heterocycles. The minimum atomic E-state index is -0.358. The molecule has 0 unspecified atom stereocenters. The monoisotopic (exact) mass is 432 g/mol. The maximum Gasteiger partial charge on any atom is 0.203 e. The number of carbonyl (C=O) groups excluding carboxylic acids is 1. The molecule has 0 fully saturated rings. The molecule has 6 nitrogen and oxygen atoms in total. The number of methoxy groups -OCH3 is 3. The summed E-state index contributed by atoms with van der Waals surface area (Å²) < 4.78 is 29.5. The normalized spacial score (nSPS) is 11.4. The van der Waals surface area contributed by atoms with Gasteiger partial charge in [0.1, 0.15) is 11.6 Å². The van der Waals surface area contributed by atoms with Gasteiger partial charge < -0.3 is 19.2 Å². The van der Waals surface area contributed by atoms with Gasteiger partial charge >= 0.3 is 0 Å². The second-order valence-corrected chi connectivity index (χ2v) is 6.96. The molecule has 3 aromatic carbocycles. The van der Waals surface area contributed by atoms with E-state index in [1.807, 2.05) is 24.3 Å². The summed E-state index contributed by atoms with van der Waals surface area (Å²) in [5, 5.41) is 0. The smallest absolute Gasteiger partial charge is 0.203 e. The zero-order valence-corrected chi connectivity index (χ0v) is 17.8. The zero-order valence-electron chi connectivity index (χ0n) is 17.8. The molecule has 7 heteroatoms. The van der Waals surface area contributed by atoms with Gasteiger partial charge in [0.15, 0.2) is 17.3 Å². The molecular weight excluding hydrogens is 411 g/mol. The second-order valence-electron chi connectivity index (χ2n) is 6.96. The van der Waals surface area contributed by atoms with Gasteiger partial charge in [0, 0.05) is 5.56 Å². The average Bonchev–Trinajstić information content (AvgIpc) is 3.26. The van der Waals surface area contributed by atoms with E-state index in [2.05, 4.69) is 9.97 Å². The summed E-state index contributed by atoms with van der Waals surface area (Å²) in [6, 6.07) is 16.5. The number of fused-ring (bicyclic) bond motifs is 1. The fourth-order valence-corrected chi connectivity index (χ4v) is 3.42. The Kier molecular flexibility index (Phi) is 5.89. The van der Waals surface area contributed by atoms with Gasteiger partial charge in [-0.15, -0.1) is 0 Å². The first-order valence-electron chi connectivity index (χ1n) is 9.81. The number of benzene rings is 3. The Morgan fingerprint density at radius 3 is 2.19 bits per heavy atom. The lowest BCUT2D eigenvalue weighted by atomic mass is 9.99. The number of Topliss-reactive ketones (excluding diaryl/α,β-unsaturated/α-hetero) is 1. The Morgan fingerprint density at radius 2 is 1.59 bits per heavy atom. The molecular formula is C25H21FN2O4. The maximum atomic E-state index is 13.7. The summed E-state index contributed by atoms with van der Waals surface area (Å²) >= 11 is 0. The predicted octanol–water partition coefficient (Wildman–Crippen LogP) is 5.15. The van der Waals surface area contributed by atoms with Crippen molar-refractivity contribution in [2.24, 2.45) is 0 Å². The van der Waals surface area contributed by atoms with E-state index in [9.17, 15) is 9.18 Å². The largest absolute Gasteiger partial charge is 0.493 e. The Labute approximate surface area is 184 Å². The molecule has 4 aromatic rings. The molecule has 0 bridgehead atoms. The topological polar surface area (TPSA) is 73.4 Å². The number of nitrogens with zero attached hydrogens (tertiary/aromatic N) is 1. The van der Waals surface area contributed by atoms with Crippen LogP contribution in [0.4, 0.5) is 4.39 Å². The van der Waals surface area contributed by atoms with Crippen molar-refractivity contribution in [2.45, 2.75) is 0 Å². The lowest BCUT2D eigenvalue weighted by molar-refractivity contribution is 0.105. The number of aromatic amines is 1. The van der Waals surface area contributed by atoms with Gasteiger partial charge in [-0.2, -0.15) is 0 Å². The van der Waals surface area contributed by atoms with Crippen LogP contribution in [-0.4, -0.2) is 37.1 Å². The standard InChI is InChI=1S/C25H21FN2O4/c1-30-21-13-16(14-22(31-2)24(21)32-3)23(29)18(12-15-8-10-17(26)11-9-15)25-27-19-6-4-5-7-20(19)28-25/h4-14H,1-3H3,(H,27,28)/b18-12-. The molecule has 0 spiro atoms. The number of rotatable bonds is 7.